The van der Waals surface area contributed by atoms with Crippen LogP contribution in [0.5, 0.6) is 0 Å². The molecule has 0 radical (unpaired) electrons. The van der Waals surface area contributed by atoms with Gasteiger partial charge >= 0.3 is 18.1 Å². The Hall–Kier alpha value is -3.15. The zero-order valence-electron chi connectivity index (χ0n) is 20.7. The highest BCUT2D eigenvalue weighted by molar-refractivity contribution is 5.96. The standard InChI is InChI=1S/C26H32F3NO7/c1-2-6-24(31)36-17-15-34-13-11-33-12-14-35-16-18-37-25(32)22-9-3-4-10-23(22)30-21-8-5-7-20(19-21)26(27,28)29/h3-5,7-10,19,30H,2,6,11-18H2,1H3. The van der Waals surface area contributed by atoms with Gasteiger partial charge in [0.15, 0.2) is 0 Å². The van der Waals surface area contributed by atoms with Gasteiger partial charge in [-0.3, -0.25) is 4.79 Å². The molecule has 0 aromatic heterocycles. The van der Waals surface area contributed by atoms with Gasteiger partial charge in [0.1, 0.15) is 13.2 Å². The number of carbonyl (C=O) groups is 2. The van der Waals surface area contributed by atoms with Crippen molar-refractivity contribution in [3.8, 4) is 0 Å². The Morgan fingerprint density at radius 3 is 2.00 bits per heavy atom. The normalized spacial score (nSPS) is 11.2. The Balaban J connectivity index is 1.60. The van der Waals surface area contributed by atoms with Gasteiger partial charge in [-0.05, 0) is 36.8 Å². The van der Waals surface area contributed by atoms with Crippen molar-refractivity contribution in [2.75, 3.05) is 58.2 Å². The van der Waals surface area contributed by atoms with Gasteiger partial charge in [0, 0.05) is 12.1 Å². The Bertz CT molecular complexity index is 969. The van der Waals surface area contributed by atoms with E-state index in [1.165, 1.54) is 18.2 Å². The number of benzene rings is 2. The number of ether oxygens (including phenoxy) is 5. The number of alkyl halides is 3. The lowest BCUT2D eigenvalue weighted by Crippen LogP contribution is -2.15. The first-order valence-electron chi connectivity index (χ1n) is 11.9. The van der Waals surface area contributed by atoms with Crippen LogP contribution in [0.2, 0.25) is 0 Å². The van der Waals surface area contributed by atoms with E-state index in [-0.39, 0.29) is 37.0 Å². The molecule has 1 N–H and O–H groups in total. The van der Waals surface area contributed by atoms with Crippen LogP contribution in [0.3, 0.4) is 0 Å². The molecule has 0 aliphatic carbocycles. The maximum atomic E-state index is 13.0. The van der Waals surface area contributed by atoms with Gasteiger partial charge in [-0.2, -0.15) is 13.2 Å². The lowest BCUT2D eigenvalue weighted by molar-refractivity contribution is -0.145. The van der Waals surface area contributed by atoms with Crippen molar-refractivity contribution in [1.82, 2.24) is 0 Å². The summed E-state index contributed by atoms with van der Waals surface area (Å²) in [6, 6.07) is 11.1. The molecule has 8 nitrogen and oxygen atoms in total. The SMILES string of the molecule is CCCC(=O)OCCOCCOCCOCCOC(=O)c1ccccc1Nc1cccc(C(F)(F)F)c1. The maximum absolute atomic E-state index is 13.0. The molecule has 0 bridgehead atoms. The van der Waals surface area contributed by atoms with Crippen molar-refractivity contribution in [2.45, 2.75) is 25.9 Å². The number of para-hydroxylation sites is 1. The highest BCUT2D eigenvalue weighted by Crippen LogP contribution is 2.32. The topological polar surface area (TPSA) is 92.3 Å². The number of anilines is 2. The zero-order valence-corrected chi connectivity index (χ0v) is 20.7. The molecule has 11 heteroatoms. The van der Waals surface area contributed by atoms with E-state index in [4.69, 9.17) is 23.7 Å². The summed E-state index contributed by atoms with van der Waals surface area (Å²) in [5.74, 6) is -0.867. The van der Waals surface area contributed by atoms with Gasteiger partial charge < -0.3 is 29.0 Å². The molecule has 0 aliphatic heterocycles. The van der Waals surface area contributed by atoms with Crippen molar-refractivity contribution in [2.24, 2.45) is 0 Å². The second-order valence-electron chi connectivity index (χ2n) is 7.69. The summed E-state index contributed by atoms with van der Waals surface area (Å²) in [6.07, 6.45) is -3.33. The molecule has 0 spiro atoms. The molecule has 2 aromatic rings. The Kier molecular flexibility index (Phi) is 13.5. The van der Waals surface area contributed by atoms with Crippen LogP contribution in [0.4, 0.5) is 24.5 Å². The molecule has 0 heterocycles. The summed E-state index contributed by atoms with van der Waals surface area (Å²) in [5.41, 5.74) is -0.0959. The molecule has 37 heavy (non-hydrogen) atoms. The third-order valence-corrected chi connectivity index (χ3v) is 4.77. The van der Waals surface area contributed by atoms with Gasteiger partial charge in [0.05, 0.1) is 56.5 Å². The summed E-state index contributed by atoms with van der Waals surface area (Å²) >= 11 is 0. The fourth-order valence-electron chi connectivity index (χ4n) is 3.00. The number of nitrogens with one attached hydrogen (secondary N) is 1. The van der Waals surface area contributed by atoms with E-state index >= 15 is 0 Å². The van der Waals surface area contributed by atoms with Gasteiger partial charge in [-0.1, -0.05) is 25.1 Å². The van der Waals surface area contributed by atoms with Crippen molar-refractivity contribution < 1.29 is 46.4 Å². The average molecular weight is 528 g/mol. The Morgan fingerprint density at radius 1 is 0.784 bits per heavy atom. The predicted octanol–water partition coefficient (Wildman–Crippen LogP) is 5.00. The van der Waals surface area contributed by atoms with E-state index in [0.29, 0.717) is 45.1 Å². The third kappa shape index (κ3) is 12.1. The fourth-order valence-corrected chi connectivity index (χ4v) is 3.00. The summed E-state index contributed by atoms with van der Waals surface area (Å²) in [5, 5.41) is 2.84. The predicted molar refractivity (Wildman–Crippen MR) is 130 cm³/mol. The number of hydrogen-bond donors (Lipinski definition) is 1. The highest BCUT2D eigenvalue weighted by atomic mass is 19.4. The molecular formula is C26H32F3NO7. The van der Waals surface area contributed by atoms with Crippen LogP contribution < -0.4 is 5.32 Å². The summed E-state index contributed by atoms with van der Waals surface area (Å²) in [4.78, 5) is 23.6. The fraction of sp³-hybridized carbons (Fsp3) is 0.462. The van der Waals surface area contributed by atoms with E-state index in [0.717, 1.165) is 18.6 Å². The van der Waals surface area contributed by atoms with E-state index in [1.54, 1.807) is 18.2 Å². The molecule has 0 unspecified atom stereocenters. The number of hydrogen-bond acceptors (Lipinski definition) is 8. The molecular weight excluding hydrogens is 495 g/mol. The second-order valence-corrected chi connectivity index (χ2v) is 7.69. The van der Waals surface area contributed by atoms with Crippen LogP contribution in [0.1, 0.15) is 35.7 Å². The number of carbonyl (C=O) groups excluding carboxylic acids is 2. The molecule has 0 aliphatic rings. The Labute approximate surface area is 214 Å². The van der Waals surface area contributed by atoms with Crippen molar-refractivity contribution in [1.29, 1.82) is 0 Å². The molecule has 0 saturated heterocycles. The minimum atomic E-state index is -4.47. The first-order chi connectivity index (χ1) is 17.8. The van der Waals surface area contributed by atoms with Gasteiger partial charge in [-0.25, -0.2) is 4.79 Å². The molecule has 0 saturated carbocycles. The summed E-state index contributed by atoms with van der Waals surface area (Å²) < 4.78 is 65.1. The van der Waals surface area contributed by atoms with E-state index in [1.807, 2.05) is 6.92 Å². The first kappa shape index (κ1) is 30.1. The van der Waals surface area contributed by atoms with Crippen LogP contribution in [0.25, 0.3) is 0 Å². The molecule has 0 atom stereocenters. The van der Waals surface area contributed by atoms with Crippen molar-refractivity contribution in [3.63, 3.8) is 0 Å². The lowest BCUT2D eigenvalue weighted by Gasteiger charge is -2.13. The van der Waals surface area contributed by atoms with Crippen LogP contribution in [-0.2, 0) is 34.7 Å². The smallest absolute Gasteiger partial charge is 0.416 e. The molecule has 204 valence electrons. The van der Waals surface area contributed by atoms with Gasteiger partial charge in [-0.15, -0.1) is 0 Å². The molecule has 0 amide bonds. The molecule has 0 fully saturated rings. The van der Waals surface area contributed by atoms with Crippen LogP contribution in [0, 0.1) is 0 Å². The maximum Gasteiger partial charge on any atom is 0.416 e. The summed E-state index contributed by atoms with van der Waals surface area (Å²) in [7, 11) is 0. The quantitative estimate of drug-likeness (QED) is 0.227. The minimum Gasteiger partial charge on any atom is -0.463 e. The van der Waals surface area contributed by atoms with Crippen LogP contribution in [0.15, 0.2) is 48.5 Å². The van der Waals surface area contributed by atoms with Crippen LogP contribution in [-0.4, -0.2) is 64.8 Å². The van der Waals surface area contributed by atoms with E-state index in [2.05, 4.69) is 5.32 Å². The number of rotatable bonds is 17. The average Bonchev–Trinajstić information content (AvgIpc) is 2.87. The largest absolute Gasteiger partial charge is 0.463 e. The lowest BCUT2D eigenvalue weighted by atomic mass is 10.1. The molecule has 2 rings (SSSR count). The minimum absolute atomic E-state index is 0.00338. The zero-order chi connectivity index (χ0) is 26.9. The van der Waals surface area contributed by atoms with Crippen LogP contribution >= 0.6 is 0 Å². The Morgan fingerprint density at radius 2 is 1.38 bits per heavy atom. The van der Waals surface area contributed by atoms with E-state index < -0.39 is 17.7 Å². The van der Waals surface area contributed by atoms with E-state index in [9.17, 15) is 22.8 Å². The number of halogens is 3. The monoisotopic (exact) mass is 527 g/mol. The summed E-state index contributed by atoms with van der Waals surface area (Å²) in [6.45, 7) is 3.90. The van der Waals surface area contributed by atoms with Crippen molar-refractivity contribution in [3.05, 3.63) is 59.7 Å². The number of esters is 2. The van der Waals surface area contributed by atoms with Crippen molar-refractivity contribution >= 4 is 23.3 Å². The second kappa shape index (κ2) is 16.6. The van der Waals surface area contributed by atoms with Gasteiger partial charge in [0.2, 0.25) is 0 Å². The third-order valence-electron chi connectivity index (χ3n) is 4.77. The highest BCUT2D eigenvalue weighted by Gasteiger charge is 2.30. The first-order valence-corrected chi connectivity index (χ1v) is 11.9. The molecule has 2 aromatic carbocycles. The van der Waals surface area contributed by atoms with Gasteiger partial charge in [0.25, 0.3) is 0 Å².